The highest BCUT2D eigenvalue weighted by molar-refractivity contribution is 7.87. The van der Waals surface area contributed by atoms with Gasteiger partial charge < -0.3 is 14.7 Å². The van der Waals surface area contributed by atoms with Gasteiger partial charge in [-0.05, 0) is 51.8 Å². The maximum absolute atomic E-state index is 13.3. The summed E-state index contributed by atoms with van der Waals surface area (Å²) in [4.78, 5) is 26.2. The molecule has 1 saturated heterocycles. The fourth-order valence-corrected chi connectivity index (χ4v) is 5.63. The molecule has 1 amide bonds. The number of ether oxygens (including phenoxy) is 1. The molecule has 5 atom stereocenters. The first kappa shape index (κ1) is 23.8. The van der Waals surface area contributed by atoms with E-state index in [2.05, 4.69) is 0 Å². The van der Waals surface area contributed by atoms with Crippen LogP contribution >= 0.6 is 11.6 Å². The van der Waals surface area contributed by atoms with Gasteiger partial charge in [0.05, 0.1) is 24.3 Å². The first-order valence-corrected chi connectivity index (χ1v) is 11.4. The number of halogens is 1. The van der Waals surface area contributed by atoms with Crippen molar-refractivity contribution in [2.75, 3.05) is 6.61 Å². The lowest BCUT2D eigenvalue weighted by Crippen LogP contribution is -2.58. The van der Waals surface area contributed by atoms with E-state index >= 15 is 0 Å². The molecule has 1 heterocycles. The largest absolute Gasteiger partial charge is 0.481 e. The molecule has 1 aliphatic rings. The average Bonchev–Trinajstić information content (AvgIpc) is 2.64. The van der Waals surface area contributed by atoms with Crippen molar-refractivity contribution in [2.45, 2.75) is 75.6 Å². The Kier molecular flexibility index (Phi) is 7.87. The number of hydrogen-bond donors (Lipinski definition) is 1. The molecule has 0 aromatic heterocycles. The SMILES string of the molecule is CCC(C(C)S(=O)C(C)(C)C)N1C(=O)C(CC(=O)O)OCC1c1ccc(Cl)cc1. The van der Waals surface area contributed by atoms with Crippen LogP contribution in [0.2, 0.25) is 5.02 Å². The molecule has 6 nitrogen and oxygen atoms in total. The first-order chi connectivity index (χ1) is 13.5. The van der Waals surface area contributed by atoms with Gasteiger partial charge in [-0.2, -0.15) is 0 Å². The summed E-state index contributed by atoms with van der Waals surface area (Å²) in [7, 11) is -1.20. The summed E-state index contributed by atoms with van der Waals surface area (Å²) < 4.78 is 18.3. The van der Waals surface area contributed by atoms with E-state index in [1.54, 1.807) is 17.0 Å². The third-order valence-electron chi connectivity index (χ3n) is 5.19. The molecule has 5 unspecified atom stereocenters. The van der Waals surface area contributed by atoms with Gasteiger partial charge in [0.2, 0.25) is 0 Å². The van der Waals surface area contributed by atoms with Gasteiger partial charge in [-0.25, -0.2) is 0 Å². The molecule has 0 spiro atoms. The molecule has 0 radical (unpaired) electrons. The van der Waals surface area contributed by atoms with Gasteiger partial charge in [0.15, 0.2) is 0 Å². The number of nitrogens with zero attached hydrogens (tertiary/aromatic N) is 1. The Labute approximate surface area is 180 Å². The molecule has 0 saturated carbocycles. The molecule has 1 fully saturated rings. The summed E-state index contributed by atoms with van der Waals surface area (Å²) in [5.74, 6) is -1.46. The molecule has 1 aliphatic heterocycles. The van der Waals surface area contributed by atoms with Crippen LogP contribution in [0.4, 0.5) is 0 Å². The van der Waals surface area contributed by atoms with Crippen molar-refractivity contribution in [2.24, 2.45) is 0 Å². The zero-order valence-corrected chi connectivity index (χ0v) is 19.1. The van der Waals surface area contributed by atoms with Crippen molar-refractivity contribution in [3.8, 4) is 0 Å². The van der Waals surface area contributed by atoms with Crippen LogP contribution in [0.5, 0.6) is 0 Å². The van der Waals surface area contributed by atoms with Gasteiger partial charge in [-0.1, -0.05) is 30.7 Å². The van der Waals surface area contributed by atoms with Crippen molar-refractivity contribution in [3.63, 3.8) is 0 Å². The average molecular weight is 444 g/mol. The Morgan fingerprint density at radius 3 is 2.41 bits per heavy atom. The van der Waals surface area contributed by atoms with E-state index in [0.29, 0.717) is 11.4 Å². The fourth-order valence-electron chi connectivity index (χ4n) is 3.78. The van der Waals surface area contributed by atoms with Crippen LogP contribution in [0.15, 0.2) is 24.3 Å². The number of aliphatic carboxylic acids is 1. The number of carboxylic acid groups (broad SMARTS) is 1. The maximum Gasteiger partial charge on any atom is 0.306 e. The minimum atomic E-state index is -1.20. The Morgan fingerprint density at radius 2 is 1.93 bits per heavy atom. The van der Waals surface area contributed by atoms with Crippen LogP contribution in [0.1, 0.15) is 59.1 Å². The predicted molar refractivity (Wildman–Crippen MR) is 114 cm³/mol. The minimum Gasteiger partial charge on any atom is -0.481 e. The van der Waals surface area contributed by atoms with E-state index in [1.807, 2.05) is 46.8 Å². The number of carbonyl (C=O) groups excluding carboxylic acids is 1. The topological polar surface area (TPSA) is 83.9 Å². The lowest BCUT2D eigenvalue weighted by atomic mass is 9.97. The summed E-state index contributed by atoms with van der Waals surface area (Å²) >= 11 is 6.01. The number of rotatable bonds is 7. The number of hydrogen-bond acceptors (Lipinski definition) is 4. The van der Waals surface area contributed by atoms with Crippen molar-refractivity contribution < 1.29 is 23.6 Å². The van der Waals surface area contributed by atoms with Crippen LogP contribution in [-0.4, -0.2) is 54.8 Å². The predicted octanol–water partition coefficient (Wildman–Crippen LogP) is 3.80. The minimum absolute atomic E-state index is 0.177. The Bertz CT molecular complexity index is 761. The lowest BCUT2D eigenvalue weighted by molar-refractivity contribution is -0.169. The Morgan fingerprint density at radius 1 is 1.34 bits per heavy atom. The smallest absolute Gasteiger partial charge is 0.306 e. The number of carbonyl (C=O) groups is 2. The fraction of sp³-hybridized carbons (Fsp3) is 0.619. The zero-order chi connectivity index (χ0) is 21.9. The maximum atomic E-state index is 13.3. The normalized spacial score (nSPS) is 23.5. The van der Waals surface area contributed by atoms with Crippen LogP contribution in [-0.2, 0) is 25.1 Å². The van der Waals surface area contributed by atoms with Crippen molar-refractivity contribution in [1.82, 2.24) is 4.90 Å². The lowest BCUT2D eigenvalue weighted by Gasteiger charge is -2.46. The van der Waals surface area contributed by atoms with Crippen LogP contribution in [0.25, 0.3) is 0 Å². The summed E-state index contributed by atoms with van der Waals surface area (Å²) in [6.45, 7) is 9.76. The molecule has 1 N–H and O–H groups in total. The van der Waals surface area contributed by atoms with E-state index in [4.69, 9.17) is 21.4 Å². The van der Waals surface area contributed by atoms with Gasteiger partial charge in [0.25, 0.3) is 5.91 Å². The summed E-state index contributed by atoms with van der Waals surface area (Å²) in [5, 5.41) is 9.46. The molecule has 0 bridgehead atoms. The van der Waals surface area contributed by atoms with Gasteiger partial charge in [-0.3, -0.25) is 13.8 Å². The molecule has 8 heteroatoms. The molecular formula is C21H30ClNO5S. The van der Waals surface area contributed by atoms with Crippen molar-refractivity contribution in [3.05, 3.63) is 34.9 Å². The highest BCUT2D eigenvalue weighted by atomic mass is 35.5. The quantitative estimate of drug-likeness (QED) is 0.692. The molecule has 29 heavy (non-hydrogen) atoms. The van der Waals surface area contributed by atoms with Gasteiger partial charge >= 0.3 is 5.97 Å². The number of carboxylic acids is 1. The highest BCUT2D eigenvalue weighted by Crippen LogP contribution is 2.34. The molecule has 2 rings (SSSR count). The van der Waals surface area contributed by atoms with Crippen LogP contribution < -0.4 is 0 Å². The molecule has 162 valence electrons. The molecular weight excluding hydrogens is 414 g/mol. The summed E-state index contributed by atoms with van der Waals surface area (Å²) in [6.07, 6.45) is -0.838. The number of amides is 1. The number of morpholine rings is 1. The second-order valence-electron chi connectivity index (χ2n) is 8.32. The summed E-state index contributed by atoms with van der Waals surface area (Å²) in [5.41, 5.74) is 0.851. The van der Waals surface area contributed by atoms with Crippen LogP contribution in [0.3, 0.4) is 0 Å². The second-order valence-corrected chi connectivity index (χ2v) is 11.3. The Balaban J connectivity index is 2.45. The van der Waals surface area contributed by atoms with Crippen LogP contribution in [0, 0.1) is 0 Å². The summed E-state index contributed by atoms with van der Waals surface area (Å²) in [6, 6.07) is 6.47. The molecule has 1 aromatic carbocycles. The second kappa shape index (κ2) is 9.58. The van der Waals surface area contributed by atoms with Crippen molar-refractivity contribution in [1.29, 1.82) is 0 Å². The third-order valence-corrected chi connectivity index (χ3v) is 7.64. The highest BCUT2D eigenvalue weighted by Gasteiger charge is 2.44. The van der Waals surface area contributed by atoms with E-state index in [9.17, 15) is 13.8 Å². The first-order valence-electron chi connectivity index (χ1n) is 9.79. The monoisotopic (exact) mass is 443 g/mol. The van der Waals surface area contributed by atoms with Gasteiger partial charge in [0, 0.05) is 26.6 Å². The van der Waals surface area contributed by atoms with E-state index < -0.39 is 40.1 Å². The van der Waals surface area contributed by atoms with E-state index in [0.717, 1.165) is 5.56 Å². The third kappa shape index (κ3) is 5.58. The number of benzene rings is 1. The van der Waals surface area contributed by atoms with Crippen molar-refractivity contribution >= 4 is 34.3 Å². The van der Waals surface area contributed by atoms with E-state index in [1.165, 1.54) is 0 Å². The molecule has 0 aliphatic carbocycles. The van der Waals surface area contributed by atoms with E-state index in [-0.39, 0.29) is 23.8 Å². The Hall–Kier alpha value is -1.44. The molecule has 1 aromatic rings. The zero-order valence-electron chi connectivity index (χ0n) is 17.6. The standard InChI is InChI=1S/C21H30ClNO5S/c1-6-16(13(2)29(27)21(3,4)5)23-17(14-7-9-15(22)10-8-14)12-28-18(20(23)26)11-19(24)25/h7-10,13,16-18H,6,11-12H2,1-5H3,(H,24,25). The van der Waals surface area contributed by atoms with Gasteiger partial charge in [0.1, 0.15) is 6.10 Å². The van der Waals surface area contributed by atoms with Gasteiger partial charge in [-0.15, -0.1) is 0 Å².